The van der Waals surface area contributed by atoms with Gasteiger partial charge in [0, 0.05) is 18.4 Å². The SMILES string of the molecule is Cc1cc(F)c(N)cc1S(=O)(=O)NC(C)c1cccnc1. The summed E-state index contributed by atoms with van der Waals surface area (Å²) in [4.78, 5) is 3.92. The number of nitrogen functional groups attached to an aromatic ring is 1. The molecule has 5 nitrogen and oxygen atoms in total. The Morgan fingerprint density at radius 1 is 1.38 bits per heavy atom. The fourth-order valence-electron chi connectivity index (χ4n) is 1.95. The van der Waals surface area contributed by atoms with Crippen LogP contribution in [-0.2, 0) is 10.0 Å². The van der Waals surface area contributed by atoms with E-state index < -0.39 is 21.9 Å². The van der Waals surface area contributed by atoms with E-state index in [2.05, 4.69) is 9.71 Å². The van der Waals surface area contributed by atoms with Gasteiger partial charge in [0.2, 0.25) is 10.0 Å². The molecule has 0 saturated carbocycles. The summed E-state index contributed by atoms with van der Waals surface area (Å²) in [6.45, 7) is 3.22. The number of nitrogens with zero attached hydrogens (tertiary/aromatic N) is 1. The van der Waals surface area contributed by atoms with Crippen molar-refractivity contribution in [1.82, 2.24) is 9.71 Å². The molecule has 21 heavy (non-hydrogen) atoms. The van der Waals surface area contributed by atoms with E-state index in [9.17, 15) is 12.8 Å². The third kappa shape index (κ3) is 3.37. The zero-order chi connectivity index (χ0) is 15.6. The largest absolute Gasteiger partial charge is 0.396 e. The minimum Gasteiger partial charge on any atom is -0.396 e. The Hall–Kier alpha value is -1.99. The number of anilines is 1. The molecule has 0 saturated heterocycles. The fourth-order valence-corrected chi connectivity index (χ4v) is 3.45. The normalized spacial score (nSPS) is 13.1. The lowest BCUT2D eigenvalue weighted by molar-refractivity contribution is 0.565. The third-order valence-electron chi connectivity index (χ3n) is 3.10. The fraction of sp³-hybridized carbons (Fsp3) is 0.214. The standard InChI is InChI=1S/C14H16FN3O2S/c1-9-6-12(15)13(16)7-14(9)21(19,20)18-10(2)11-4-3-5-17-8-11/h3-8,10,18H,16H2,1-2H3. The quantitative estimate of drug-likeness (QED) is 0.847. The van der Waals surface area contributed by atoms with Crippen LogP contribution in [0.25, 0.3) is 0 Å². The Kier molecular flexibility index (Phi) is 4.24. The van der Waals surface area contributed by atoms with Crippen LogP contribution in [0.4, 0.5) is 10.1 Å². The summed E-state index contributed by atoms with van der Waals surface area (Å²) in [5, 5.41) is 0. The molecule has 1 unspecified atom stereocenters. The average Bonchev–Trinajstić information content (AvgIpc) is 2.43. The van der Waals surface area contributed by atoms with Crippen LogP contribution < -0.4 is 10.5 Å². The van der Waals surface area contributed by atoms with E-state index in [1.165, 1.54) is 6.92 Å². The zero-order valence-corrected chi connectivity index (χ0v) is 12.5. The van der Waals surface area contributed by atoms with E-state index in [1.807, 2.05) is 0 Å². The topological polar surface area (TPSA) is 85.1 Å². The predicted octanol–water partition coefficient (Wildman–Crippen LogP) is 2.15. The summed E-state index contributed by atoms with van der Waals surface area (Å²) >= 11 is 0. The van der Waals surface area contributed by atoms with E-state index in [-0.39, 0.29) is 10.6 Å². The Bertz CT molecular complexity index is 748. The van der Waals surface area contributed by atoms with Crippen molar-refractivity contribution in [3.63, 3.8) is 0 Å². The second-order valence-electron chi connectivity index (χ2n) is 4.77. The average molecular weight is 309 g/mol. The molecule has 0 aliphatic rings. The molecule has 0 aliphatic carbocycles. The van der Waals surface area contributed by atoms with Gasteiger partial charge in [-0.15, -0.1) is 0 Å². The minimum atomic E-state index is -3.80. The summed E-state index contributed by atoms with van der Waals surface area (Å²) in [6.07, 6.45) is 3.19. The Morgan fingerprint density at radius 3 is 2.71 bits per heavy atom. The van der Waals surface area contributed by atoms with Crippen LogP contribution in [0, 0.1) is 12.7 Å². The number of aromatic nitrogens is 1. The first kappa shape index (κ1) is 15.4. The highest BCUT2D eigenvalue weighted by Crippen LogP contribution is 2.23. The molecule has 1 atom stereocenters. The summed E-state index contributed by atoms with van der Waals surface area (Å²) in [5.41, 5.74) is 6.28. The van der Waals surface area contributed by atoms with E-state index in [0.29, 0.717) is 5.56 Å². The summed E-state index contributed by atoms with van der Waals surface area (Å²) < 4.78 is 40.6. The molecule has 0 bridgehead atoms. The van der Waals surface area contributed by atoms with Crippen LogP contribution in [0.5, 0.6) is 0 Å². The molecule has 0 spiro atoms. The number of pyridine rings is 1. The first-order chi connectivity index (χ1) is 9.81. The molecule has 1 aromatic carbocycles. The Morgan fingerprint density at radius 2 is 2.10 bits per heavy atom. The van der Waals surface area contributed by atoms with Crippen molar-refractivity contribution < 1.29 is 12.8 Å². The highest BCUT2D eigenvalue weighted by Gasteiger charge is 2.21. The monoisotopic (exact) mass is 309 g/mol. The molecule has 7 heteroatoms. The molecule has 1 heterocycles. The molecule has 0 radical (unpaired) electrons. The van der Waals surface area contributed by atoms with Crippen LogP contribution in [-0.4, -0.2) is 13.4 Å². The first-order valence-electron chi connectivity index (χ1n) is 6.29. The van der Waals surface area contributed by atoms with Crippen LogP contribution in [0.15, 0.2) is 41.6 Å². The van der Waals surface area contributed by atoms with Crippen molar-refractivity contribution >= 4 is 15.7 Å². The minimum absolute atomic E-state index is 0.0304. The number of halogens is 1. The number of aryl methyl sites for hydroxylation is 1. The lowest BCUT2D eigenvalue weighted by atomic mass is 10.2. The summed E-state index contributed by atoms with van der Waals surface area (Å²) in [6, 6.07) is 5.27. The van der Waals surface area contributed by atoms with Crippen molar-refractivity contribution in [2.75, 3.05) is 5.73 Å². The van der Waals surface area contributed by atoms with Crippen molar-refractivity contribution in [3.8, 4) is 0 Å². The highest BCUT2D eigenvalue weighted by molar-refractivity contribution is 7.89. The molecular weight excluding hydrogens is 293 g/mol. The number of hydrogen-bond donors (Lipinski definition) is 2. The predicted molar refractivity (Wildman–Crippen MR) is 78.5 cm³/mol. The lowest BCUT2D eigenvalue weighted by Crippen LogP contribution is -2.27. The Labute approximate surface area is 123 Å². The Balaban J connectivity index is 2.33. The molecule has 3 N–H and O–H groups in total. The zero-order valence-electron chi connectivity index (χ0n) is 11.7. The smallest absolute Gasteiger partial charge is 0.241 e. The molecule has 0 fully saturated rings. The van der Waals surface area contributed by atoms with Gasteiger partial charge >= 0.3 is 0 Å². The van der Waals surface area contributed by atoms with Gasteiger partial charge in [-0.25, -0.2) is 17.5 Å². The number of hydrogen-bond acceptors (Lipinski definition) is 4. The van der Waals surface area contributed by atoms with Gasteiger partial charge in [0.1, 0.15) is 5.82 Å². The molecule has 0 amide bonds. The van der Waals surface area contributed by atoms with Crippen molar-refractivity contribution in [3.05, 3.63) is 53.6 Å². The lowest BCUT2D eigenvalue weighted by Gasteiger charge is -2.16. The van der Waals surface area contributed by atoms with Gasteiger partial charge in [-0.3, -0.25) is 4.98 Å². The van der Waals surface area contributed by atoms with Crippen LogP contribution in [0.2, 0.25) is 0 Å². The van der Waals surface area contributed by atoms with Gasteiger partial charge in [-0.05, 0) is 43.2 Å². The van der Waals surface area contributed by atoms with Gasteiger partial charge in [0.05, 0.1) is 10.6 Å². The maximum Gasteiger partial charge on any atom is 0.241 e. The number of nitrogens with one attached hydrogen (secondary N) is 1. The molecule has 0 aliphatic heterocycles. The van der Waals surface area contributed by atoms with E-state index in [1.54, 1.807) is 31.5 Å². The third-order valence-corrected chi connectivity index (χ3v) is 4.78. The number of benzene rings is 1. The summed E-state index contributed by atoms with van der Waals surface area (Å²) in [5.74, 6) is -0.633. The van der Waals surface area contributed by atoms with Gasteiger partial charge in [0.15, 0.2) is 0 Å². The van der Waals surface area contributed by atoms with E-state index in [0.717, 1.165) is 17.7 Å². The molecular formula is C14H16FN3O2S. The second kappa shape index (κ2) is 5.79. The van der Waals surface area contributed by atoms with Crippen molar-refractivity contribution in [2.45, 2.75) is 24.8 Å². The molecule has 112 valence electrons. The van der Waals surface area contributed by atoms with Gasteiger partial charge in [-0.2, -0.15) is 0 Å². The van der Waals surface area contributed by atoms with Gasteiger partial charge in [-0.1, -0.05) is 6.07 Å². The number of nitrogens with two attached hydrogens (primary N) is 1. The maximum absolute atomic E-state index is 13.3. The maximum atomic E-state index is 13.3. The number of rotatable bonds is 4. The van der Waals surface area contributed by atoms with Gasteiger partial charge < -0.3 is 5.73 Å². The van der Waals surface area contributed by atoms with Crippen LogP contribution >= 0.6 is 0 Å². The number of sulfonamides is 1. The second-order valence-corrected chi connectivity index (χ2v) is 6.45. The van der Waals surface area contributed by atoms with Crippen LogP contribution in [0.1, 0.15) is 24.1 Å². The first-order valence-corrected chi connectivity index (χ1v) is 7.77. The highest BCUT2D eigenvalue weighted by atomic mass is 32.2. The van der Waals surface area contributed by atoms with E-state index >= 15 is 0 Å². The molecule has 2 rings (SSSR count). The van der Waals surface area contributed by atoms with Crippen molar-refractivity contribution in [1.29, 1.82) is 0 Å². The van der Waals surface area contributed by atoms with Gasteiger partial charge in [0.25, 0.3) is 0 Å². The molecule has 2 aromatic rings. The van der Waals surface area contributed by atoms with Crippen molar-refractivity contribution in [2.24, 2.45) is 0 Å². The van der Waals surface area contributed by atoms with E-state index in [4.69, 9.17) is 5.73 Å². The molecule has 1 aromatic heterocycles. The summed E-state index contributed by atoms with van der Waals surface area (Å²) in [7, 11) is -3.80. The van der Waals surface area contributed by atoms with Crippen LogP contribution in [0.3, 0.4) is 0 Å².